The maximum atomic E-state index is 12.0. The van der Waals surface area contributed by atoms with Crippen LogP contribution in [0.15, 0.2) is 40.6 Å². The van der Waals surface area contributed by atoms with E-state index in [1.54, 1.807) is 0 Å². The molecular weight excluding hydrogens is 258 g/mol. The van der Waals surface area contributed by atoms with E-state index in [1.165, 1.54) is 11.3 Å². The normalized spacial score (nSPS) is 11.6. The number of pyridine rings is 1. The molecule has 19 heavy (non-hydrogen) atoms. The minimum Gasteiger partial charge on any atom is -0.276 e. The van der Waals surface area contributed by atoms with Crippen molar-refractivity contribution in [2.75, 3.05) is 0 Å². The van der Waals surface area contributed by atoms with Crippen LogP contribution in [0.1, 0.15) is 5.56 Å². The Bertz CT molecular complexity index is 1000. The van der Waals surface area contributed by atoms with Crippen molar-refractivity contribution >= 4 is 38.2 Å². The van der Waals surface area contributed by atoms with Gasteiger partial charge in [-0.3, -0.25) is 9.20 Å². The van der Waals surface area contributed by atoms with Crippen LogP contribution in [0.2, 0.25) is 0 Å². The molecule has 0 radical (unpaired) electrons. The average molecular weight is 267 g/mol. The van der Waals surface area contributed by atoms with Crippen LogP contribution in [-0.2, 0) is 0 Å². The molecule has 0 aliphatic heterocycles. The lowest BCUT2D eigenvalue weighted by atomic mass is 10.1. The second-order valence-corrected chi connectivity index (χ2v) is 5.40. The molecule has 3 heterocycles. The van der Waals surface area contributed by atoms with Crippen LogP contribution in [0.5, 0.6) is 0 Å². The van der Waals surface area contributed by atoms with Crippen molar-refractivity contribution in [2.45, 2.75) is 6.92 Å². The van der Waals surface area contributed by atoms with E-state index in [0.29, 0.717) is 16.0 Å². The highest BCUT2D eigenvalue weighted by molar-refractivity contribution is 7.15. The SMILES string of the molecule is Cc1ccc2cc3c(=O)nc4sccn4c3nc2c1. The molecule has 0 saturated heterocycles. The molecule has 4 rings (SSSR count). The Balaban J connectivity index is 2.31. The third kappa shape index (κ3) is 1.48. The lowest BCUT2D eigenvalue weighted by molar-refractivity contribution is 1.14. The number of nitrogens with zero attached hydrogens (tertiary/aromatic N) is 3. The molecule has 3 aromatic heterocycles. The van der Waals surface area contributed by atoms with Gasteiger partial charge in [-0.2, -0.15) is 4.98 Å². The summed E-state index contributed by atoms with van der Waals surface area (Å²) in [6.07, 6.45) is 1.89. The van der Waals surface area contributed by atoms with E-state index < -0.39 is 0 Å². The topological polar surface area (TPSA) is 47.3 Å². The Morgan fingerprint density at radius 1 is 1.21 bits per heavy atom. The zero-order valence-electron chi connectivity index (χ0n) is 10.1. The van der Waals surface area contributed by atoms with Gasteiger partial charge in [-0.05, 0) is 24.6 Å². The molecule has 0 fully saturated rings. The molecule has 4 nitrogen and oxygen atoms in total. The summed E-state index contributed by atoms with van der Waals surface area (Å²) >= 11 is 1.44. The molecule has 0 atom stereocenters. The van der Waals surface area contributed by atoms with Gasteiger partial charge in [0.25, 0.3) is 5.56 Å². The van der Waals surface area contributed by atoms with E-state index in [-0.39, 0.29) is 5.56 Å². The second-order valence-electron chi connectivity index (χ2n) is 4.53. The number of aryl methyl sites for hydroxylation is 1. The zero-order valence-corrected chi connectivity index (χ0v) is 10.9. The average Bonchev–Trinajstić information content (AvgIpc) is 2.85. The molecule has 0 aliphatic carbocycles. The van der Waals surface area contributed by atoms with Crippen LogP contribution in [0, 0.1) is 6.92 Å². The summed E-state index contributed by atoms with van der Waals surface area (Å²) in [5, 5.41) is 3.43. The Kier molecular flexibility index (Phi) is 2.02. The Labute approximate surface area is 112 Å². The Morgan fingerprint density at radius 2 is 2.11 bits per heavy atom. The third-order valence-corrected chi connectivity index (χ3v) is 3.95. The van der Waals surface area contributed by atoms with E-state index in [0.717, 1.165) is 16.5 Å². The standard InChI is InChI=1S/C14H9N3OS/c1-8-2-3-9-7-10-12(15-11(9)6-8)17-4-5-19-14(17)16-13(10)18/h2-7H,1H3. The molecule has 4 aromatic rings. The van der Waals surface area contributed by atoms with Crippen LogP contribution in [0.25, 0.3) is 26.9 Å². The van der Waals surface area contributed by atoms with Crippen LogP contribution < -0.4 is 5.56 Å². The zero-order chi connectivity index (χ0) is 13.0. The van der Waals surface area contributed by atoms with Gasteiger partial charge in [0.05, 0.1) is 10.9 Å². The summed E-state index contributed by atoms with van der Waals surface area (Å²) in [5.74, 6) is 0. The smallest absolute Gasteiger partial charge is 0.276 e. The third-order valence-electron chi connectivity index (χ3n) is 3.20. The van der Waals surface area contributed by atoms with Crippen molar-refractivity contribution in [1.82, 2.24) is 14.4 Å². The predicted octanol–water partition coefficient (Wildman–Crippen LogP) is 2.77. The van der Waals surface area contributed by atoms with Crippen molar-refractivity contribution < 1.29 is 0 Å². The molecule has 0 unspecified atom stereocenters. The summed E-state index contributed by atoms with van der Waals surface area (Å²) < 4.78 is 1.86. The van der Waals surface area contributed by atoms with Crippen LogP contribution in [0.3, 0.4) is 0 Å². The largest absolute Gasteiger partial charge is 0.283 e. The first-order valence-electron chi connectivity index (χ1n) is 5.89. The fourth-order valence-electron chi connectivity index (χ4n) is 2.27. The van der Waals surface area contributed by atoms with Gasteiger partial charge in [0.2, 0.25) is 0 Å². The van der Waals surface area contributed by atoms with Gasteiger partial charge in [-0.1, -0.05) is 12.1 Å². The monoisotopic (exact) mass is 267 g/mol. The first-order valence-corrected chi connectivity index (χ1v) is 6.77. The van der Waals surface area contributed by atoms with Gasteiger partial charge in [0.15, 0.2) is 10.6 Å². The predicted molar refractivity (Wildman–Crippen MR) is 76.9 cm³/mol. The van der Waals surface area contributed by atoms with E-state index >= 15 is 0 Å². The highest BCUT2D eigenvalue weighted by atomic mass is 32.1. The van der Waals surface area contributed by atoms with E-state index in [9.17, 15) is 4.79 Å². The molecule has 0 amide bonds. The minimum absolute atomic E-state index is 0.215. The second kappa shape index (κ2) is 3.61. The molecule has 92 valence electrons. The highest BCUT2D eigenvalue weighted by Gasteiger charge is 2.09. The molecule has 0 saturated carbocycles. The maximum absolute atomic E-state index is 12.0. The molecule has 5 heteroatoms. The van der Waals surface area contributed by atoms with E-state index in [1.807, 2.05) is 47.2 Å². The first kappa shape index (κ1) is 10.6. The Morgan fingerprint density at radius 3 is 3.00 bits per heavy atom. The van der Waals surface area contributed by atoms with Gasteiger partial charge in [0, 0.05) is 17.0 Å². The van der Waals surface area contributed by atoms with Crippen molar-refractivity contribution in [3.63, 3.8) is 0 Å². The molecule has 0 aliphatic rings. The number of fused-ring (bicyclic) bond motifs is 4. The summed E-state index contributed by atoms with van der Waals surface area (Å²) in [5.41, 5.74) is 2.52. The summed E-state index contributed by atoms with van der Waals surface area (Å²) in [7, 11) is 0. The fraction of sp³-hybridized carbons (Fsp3) is 0.0714. The van der Waals surface area contributed by atoms with Crippen molar-refractivity contribution in [3.05, 3.63) is 51.8 Å². The number of hydrogen-bond donors (Lipinski definition) is 0. The number of benzene rings is 1. The summed E-state index contributed by atoms with van der Waals surface area (Å²) in [4.78, 5) is 21.4. The van der Waals surface area contributed by atoms with Crippen LogP contribution >= 0.6 is 11.3 Å². The van der Waals surface area contributed by atoms with Crippen molar-refractivity contribution in [1.29, 1.82) is 0 Å². The van der Waals surface area contributed by atoms with Gasteiger partial charge in [-0.15, -0.1) is 11.3 Å². The van der Waals surface area contributed by atoms with Gasteiger partial charge in [0.1, 0.15) is 0 Å². The van der Waals surface area contributed by atoms with Gasteiger partial charge >= 0.3 is 0 Å². The van der Waals surface area contributed by atoms with Crippen LogP contribution in [-0.4, -0.2) is 14.4 Å². The van der Waals surface area contributed by atoms with Crippen molar-refractivity contribution in [3.8, 4) is 0 Å². The summed E-state index contributed by atoms with van der Waals surface area (Å²) in [6, 6.07) is 7.90. The van der Waals surface area contributed by atoms with E-state index in [4.69, 9.17) is 0 Å². The lowest BCUT2D eigenvalue weighted by Gasteiger charge is -2.03. The molecule has 1 aromatic carbocycles. The molecular formula is C14H9N3OS. The van der Waals surface area contributed by atoms with E-state index in [2.05, 4.69) is 9.97 Å². The minimum atomic E-state index is -0.215. The first-order chi connectivity index (χ1) is 9.22. The number of aromatic nitrogens is 3. The van der Waals surface area contributed by atoms with Gasteiger partial charge < -0.3 is 0 Å². The lowest BCUT2D eigenvalue weighted by Crippen LogP contribution is -2.09. The number of rotatable bonds is 0. The molecule has 0 spiro atoms. The number of hydrogen-bond acceptors (Lipinski definition) is 4. The quantitative estimate of drug-likeness (QED) is 0.460. The Hall–Kier alpha value is -2.27. The molecule has 0 bridgehead atoms. The molecule has 0 N–H and O–H groups in total. The maximum Gasteiger partial charge on any atom is 0.283 e. The van der Waals surface area contributed by atoms with Gasteiger partial charge in [-0.25, -0.2) is 4.98 Å². The summed E-state index contributed by atoms with van der Waals surface area (Å²) in [6.45, 7) is 2.03. The number of thiazole rings is 1. The highest BCUT2D eigenvalue weighted by Crippen LogP contribution is 2.20. The fourth-order valence-corrected chi connectivity index (χ4v) is 2.97. The van der Waals surface area contributed by atoms with Crippen LogP contribution in [0.4, 0.5) is 0 Å². The van der Waals surface area contributed by atoms with Crippen molar-refractivity contribution in [2.24, 2.45) is 0 Å².